The maximum atomic E-state index is 12.7. The van der Waals surface area contributed by atoms with Crippen molar-refractivity contribution in [1.82, 2.24) is 19.9 Å². The monoisotopic (exact) mass is 398 g/mol. The van der Waals surface area contributed by atoms with Gasteiger partial charge in [0.1, 0.15) is 10.8 Å². The number of carbonyl (C=O) groups excluding carboxylic acids is 1. The summed E-state index contributed by atoms with van der Waals surface area (Å²) in [5, 5.41) is 14.1. The van der Waals surface area contributed by atoms with E-state index in [2.05, 4.69) is 15.3 Å². The van der Waals surface area contributed by atoms with E-state index < -0.39 is 5.97 Å². The molecule has 1 aromatic carbocycles. The van der Waals surface area contributed by atoms with Gasteiger partial charge >= 0.3 is 5.97 Å². The van der Waals surface area contributed by atoms with Crippen LogP contribution in [0.1, 0.15) is 50.9 Å². The van der Waals surface area contributed by atoms with Crippen molar-refractivity contribution in [3.63, 3.8) is 0 Å². The van der Waals surface area contributed by atoms with E-state index in [0.717, 1.165) is 31.5 Å². The molecule has 8 nitrogen and oxygen atoms in total. The van der Waals surface area contributed by atoms with Crippen LogP contribution in [0.4, 0.5) is 0 Å². The van der Waals surface area contributed by atoms with Crippen molar-refractivity contribution in [2.24, 2.45) is 0 Å². The Morgan fingerprint density at radius 3 is 2.86 bits per heavy atom. The van der Waals surface area contributed by atoms with Crippen LogP contribution in [0.3, 0.4) is 0 Å². The van der Waals surface area contributed by atoms with Crippen LogP contribution in [0.25, 0.3) is 10.9 Å². The van der Waals surface area contributed by atoms with E-state index in [1.54, 1.807) is 22.8 Å². The molecular weight excluding hydrogens is 380 g/mol. The highest BCUT2D eigenvalue weighted by molar-refractivity contribution is 7.09. The van der Waals surface area contributed by atoms with Crippen LogP contribution in [0, 0.1) is 0 Å². The minimum absolute atomic E-state index is 0.0367. The van der Waals surface area contributed by atoms with Crippen LogP contribution in [0.2, 0.25) is 0 Å². The number of carboxylic acids is 1. The molecule has 0 saturated heterocycles. The second-order valence-electron chi connectivity index (χ2n) is 6.64. The highest BCUT2D eigenvalue weighted by atomic mass is 32.1. The zero-order valence-corrected chi connectivity index (χ0v) is 15.8. The van der Waals surface area contributed by atoms with E-state index in [1.807, 2.05) is 0 Å². The topological polar surface area (TPSA) is 114 Å². The molecule has 0 atom stereocenters. The summed E-state index contributed by atoms with van der Waals surface area (Å²) in [6.45, 7) is 0.820. The van der Waals surface area contributed by atoms with E-state index >= 15 is 0 Å². The summed E-state index contributed by atoms with van der Waals surface area (Å²) < 4.78 is 1.75. The molecule has 4 rings (SSSR count). The van der Waals surface area contributed by atoms with Gasteiger partial charge in [-0.3, -0.25) is 14.2 Å². The van der Waals surface area contributed by atoms with Gasteiger partial charge in [0.05, 0.1) is 17.4 Å². The number of aromatic carboxylic acids is 1. The first kappa shape index (κ1) is 18.3. The summed E-state index contributed by atoms with van der Waals surface area (Å²) >= 11 is 1.17. The SMILES string of the molecule is O=C(NCc1nc(C(=O)O)cs1)c1ccc2c(=O)n3c(nc2c1)CCCCC3. The van der Waals surface area contributed by atoms with Gasteiger partial charge in [-0.15, -0.1) is 11.3 Å². The number of aryl methyl sites for hydroxylation is 1. The number of thiazole rings is 1. The standard InChI is InChI=1S/C19H18N4O4S/c24-17(20-9-16-22-14(10-28-16)19(26)27)11-5-6-12-13(8-11)21-15-4-2-1-3-7-23(15)18(12)25/h5-6,8,10H,1-4,7,9H2,(H,20,24)(H,26,27). The molecule has 144 valence electrons. The number of rotatable bonds is 4. The fourth-order valence-electron chi connectivity index (χ4n) is 3.31. The maximum absolute atomic E-state index is 12.7. The molecule has 2 aromatic heterocycles. The third kappa shape index (κ3) is 3.53. The predicted octanol–water partition coefficient (Wildman–Crippen LogP) is 2.21. The molecule has 3 aromatic rings. The van der Waals surface area contributed by atoms with Gasteiger partial charge in [0.15, 0.2) is 5.69 Å². The number of benzene rings is 1. The predicted molar refractivity (Wildman–Crippen MR) is 104 cm³/mol. The molecule has 0 aliphatic carbocycles. The van der Waals surface area contributed by atoms with Gasteiger partial charge in [0.2, 0.25) is 0 Å². The molecule has 9 heteroatoms. The Labute approximate surface area is 163 Å². The van der Waals surface area contributed by atoms with Crippen molar-refractivity contribution in [3.05, 3.63) is 56.0 Å². The van der Waals surface area contributed by atoms with Gasteiger partial charge in [0.25, 0.3) is 11.5 Å². The van der Waals surface area contributed by atoms with Crippen LogP contribution in [0.5, 0.6) is 0 Å². The van der Waals surface area contributed by atoms with Gasteiger partial charge in [-0.2, -0.15) is 0 Å². The Hall–Kier alpha value is -3.07. The number of nitrogens with zero attached hydrogens (tertiary/aromatic N) is 3. The van der Waals surface area contributed by atoms with E-state index in [0.29, 0.717) is 28.0 Å². The molecule has 1 aliphatic heterocycles. The van der Waals surface area contributed by atoms with Crippen molar-refractivity contribution in [2.75, 3.05) is 0 Å². The number of fused-ring (bicyclic) bond motifs is 2. The number of hydrogen-bond acceptors (Lipinski definition) is 6. The van der Waals surface area contributed by atoms with Crippen molar-refractivity contribution >= 4 is 34.1 Å². The van der Waals surface area contributed by atoms with Gasteiger partial charge in [-0.05, 0) is 31.0 Å². The van der Waals surface area contributed by atoms with Crippen molar-refractivity contribution < 1.29 is 14.7 Å². The molecule has 0 radical (unpaired) electrons. The second kappa shape index (κ2) is 7.51. The highest BCUT2D eigenvalue weighted by Crippen LogP contribution is 2.17. The molecule has 0 bridgehead atoms. The smallest absolute Gasteiger partial charge is 0.355 e. The number of amides is 1. The largest absolute Gasteiger partial charge is 0.476 e. The minimum Gasteiger partial charge on any atom is -0.476 e. The molecule has 0 saturated carbocycles. The first-order valence-corrected chi connectivity index (χ1v) is 9.90. The molecule has 0 fully saturated rings. The molecule has 3 heterocycles. The molecule has 0 unspecified atom stereocenters. The van der Waals surface area contributed by atoms with Crippen LogP contribution in [0.15, 0.2) is 28.4 Å². The fraction of sp³-hybridized carbons (Fsp3) is 0.316. The number of nitrogens with one attached hydrogen (secondary N) is 1. The highest BCUT2D eigenvalue weighted by Gasteiger charge is 2.16. The summed E-state index contributed by atoms with van der Waals surface area (Å²) in [6, 6.07) is 4.88. The third-order valence-electron chi connectivity index (χ3n) is 4.75. The average molecular weight is 398 g/mol. The Bertz CT molecular complexity index is 1130. The molecule has 28 heavy (non-hydrogen) atoms. The Balaban J connectivity index is 1.57. The number of hydrogen-bond donors (Lipinski definition) is 2. The lowest BCUT2D eigenvalue weighted by atomic mass is 10.1. The summed E-state index contributed by atoms with van der Waals surface area (Å²) in [5.41, 5.74) is 0.823. The number of carboxylic acid groups (broad SMARTS) is 1. The first-order chi connectivity index (χ1) is 13.5. The normalized spacial score (nSPS) is 13.7. The lowest BCUT2D eigenvalue weighted by molar-refractivity contribution is 0.0691. The van der Waals surface area contributed by atoms with Gasteiger partial charge in [-0.25, -0.2) is 14.8 Å². The minimum atomic E-state index is -1.10. The lowest BCUT2D eigenvalue weighted by Gasteiger charge is -2.11. The summed E-state index contributed by atoms with van der Waals surface area (Å²) in [6.07, 6.45) is 3.82. The molecule has 2 N–H and O–H groups in total. The lowest BCUT2D eigenvalue weighted by Crippen LogP contribution is -2.25. The molecule has 1 amide bonds. The van der Waals surface area contributed by atoms with E-state index in [1.165, 1.54) is 16.7 Å². The zero-order valence-electron chi connectivity index (χ0n) is 15.0. The number of aromatic nitrogens is 3. The average Bonchev–Trinajstić information content (AvgIpc) is 3.04. The summed E-state index contributed by atoms with van der Waals surface area (Å²) in [7, 11) is 0. The Morgan fingerprint density at radius 2 is 2.07 bits per heavy atom. The van der Waals surface area contributed by atoms with Crippen LogP contribution >= 0.6 is 11.3 Å². The van der Waals surface area contributed by atoms with E-state index in [-0.39, 0.29) is 23.7 Å². The van der Waals surface area contributed by atoms with Crippen molar-refractivity contribution in [2.45, 2.75) is 38.8 Å². The summed E-state index contributed by atoms with van der Waals surface area (Å²) in [4.78, 5) is 44.7. The van der Waals surface area contributed by atoms with Crippen LogP contribution in [-0.2, 0) is 19.5 Å². The zero-order chi connectivity index (χ0) is 19.7. The van der Waals surface area contributed by atoms with E-state index in [9.17, 15) is 14.4 Å². The number of carbonyl (C=O) groups is 2. The third-order valence-corrected chi connectivity index (χ3v) is 5.60. The maximum Gasteiger partial charge on any atom is 0.355 e. The quantitative estimate of drug-likeness (QED) is 0.696. The fourth-order valence-corrected chi connectivity index (χ4v) is 4.02. The van der Waals surface area contributed by atoms with Crippen LogP contribution in [-0.4, -0.2) is 31.5 Å². The molecular formula is C19H18N4O4S. The first-order valence-electron chi connectivity index (χ1n) is 9.02. The van der Waals surface area contributed by atoms with Crippen LogP contribution < -0.4 is 10.9 Å². The second-order valence-corrected chi connectivity index (χ2v) is 7.58. The Kier molecular flexibility index (Phi) is 4.91. The molecule has 1 aliphatic rings. The van der Waals surface area contributed by atoms with Crippen molar-refractivity contribution in [3.8, 4) is 0 Å². The Morgan fingerprint density at radius 1 is 1.21 bits per heavy atom. The summed E-state index contributed by atoms with van der Waals surface area (Å²) in [5.74, 6) is -0.651. The van der Waals surface area contributed by atoms with Gasteiger partial charge in [0, 0.05) is 23.9 Å². The van der Waals surface area contributed by atoms with Gasteiger partial charge in [-0.1, -0.05) is 6.42 Å². The van der Waals surface area contributed by atoms with Crippen molar-refractivity contribution in [1.29, 1.82) is 0 Å². The van der Waals surface area contributed by atoms with Gasteiger partial charge < -0.3 is 10.4 Å². The molecule has 0 spiro atoms. The van der Waals surface area contributed by atoms with E-state index in [4.69, 9.17) is 5.11 Å².